The zero-order valence-electron chi connectivity index (χ0n) is 11.9. The van der Waals surface area contributed by atoms with Gasteiger partial charge in [0.05, 0.1) is 5.75 Å². The Balaban J connectivity index is 1.97. The third-order valence-corrected chi connectivity index (χ3v) is 5.70. The van der Waals surface area contributed by atoms with E-state index in [1.807, 2.05) is 0 Å². The topological polar surface area (TPSA) is 58.6 Å². The monoisotopic (exact) mass is 290 g/mol. The van der Waals surface area contributed by atoms with Gasteiger partial charge in [0.15, 0.2) is 0 Å². The third-order valence-electron chi connectivity index (χ3n) is 4.36. The van der Waals surface area contributed by atoms with Crippen molar-refractivity contribution in [2.75, 3.05) is 45.1 Å². The Morgan fingerprint density at radius 3 is 2.42 bits per heavy atom. The van der Waals surface area contributed by atoms with E-state index in [4.69, 9.17) is 4.74 Å². The summed E-state index contributed by atoms with van der Waals surface area (Å²) in [4.78, 5) is 2.48. The van der Waals surface area contributed by atoms with E-state index in [9.17, 15) is 8.42 Å². The first-order chi connectivity index (χ1) is 9.05. The maximum absolute atomic E-state index is 11.7. The molecule has 2 aliphatic heterocycles. The summed E-state index contributed by atoms with van der Waals surface area (Å²) in [5.41, 5.74) is 0.0603. The molecule has 0 aromatic rings. The lowest BCUT2D eigenvalue weighted by atomic mass is 9.80. The van der Waals surface area contributed by atoms with Crippen LogP contribution < -0.4 is 4.72 Å². The molecule has 5 nitrogen and oxygen atoms in total. The van der Waals surface area contributed by atoms with Crippen molar-refractivity contribution in [2.45, 2.75) is 32.6 Å². The third kappa shape index (κ3) is 4.41. The molecule has 1 N–H and O–H groups in total. The van der Waals surface area contributed by atoms with E-state index in [2.05, 4.69) is 9.62 Å². The molecule has 0 aromatic heterocycles. The Labute approximate surface area is 116 Å². The summed E-state index contributed by atoms with van der Waals surface area (Å²) in [7, 11) is -3.10. The Hall–Kier alpha value is -0.170. The van der Waals surface area contributed by atoms with Crippen molar-refractivity contribution in [3.63, 3.8) is 0 Å². The normalized spacial score (nSPS) is 24.7. The van der Waals surface area contributed by atoms with Gasteiger partial charge in [-0.15, -0.1) is 0 Å². The highest BCUT2D eigenvalue weighted by atomic mass is 32.2. The summed E-state index contributed by atoms with van der Waals surface area (Å²) in [6, 6.07) is 0. The summed E-state index contributed by atoms with van der Waals surface area (Å²) in [5.74, 6) is 0.156. The van der Waals surface area contributed by atoms with Crippen LogP contribution in [0.2, 0.25) is 0 Å². The molecule has 2 fully saturated rings. The molecule has 2 saturated heterocycles. The van der Waals surface area contributed by atoms with Crippen molar-refractivity contribution in [1.82, 2.24) is 9.62 Å². The van der Waals surface area contributed by atoms with Crippen molar-refractivity contribution < 1.29 is 13.2 Å². The minimum atomic E-state index is -3.10. The van der Waals surface area contributed by atoms with E-state index in [0.29, 0.717) is 6.54 Å². The average molecular weight is 290 g/mol. The van der Waals surface area contributed by atoms with Gasteiger partial charge in [0.2, 0.25) is 10.0 Å². The Morgan fingerprint density at radius 1 is 1.21 bits per heavy atom. The molecule has 0 aliphatic carbocycles. The van der Waals surface area contributed by atoms with Gasteiger partial charge in [-0.2, -0.15) is 0 Å². The Bertz CT molecular complexity index is 371. The number of likely N-dealkylation sites (tertiary alicyclic amines) is 1. The fourth-order valence-corrected chi connectivity index (χ4v) is 3.71. The second kappa shape index (κ2) is 6.52. The van der Waals surface area contributed by atoms with Crippen LogP contribution in [0, 0.1) is 5.41 Å². The summed E-state index contributed by atoms with van der Waals surface area (Å²) in [5, 5.41) is 0. The van der Waals surface area contributed by atoms with Gasteiger partial charge in [-0.25, -0.2) is 13.1 Å². The van der Waals surface area contributed by atoms with Crippen LogP contribution in [0.3, 0.4) is 0 Å². The fourth-order valence-electron chi connectivity index (χ4n) is 2.98. The Kier molecular flexibility index (Phi) is 5.22. The van der Waals surface area contributed by atoms with Crippen LogP contribution in [-0.4, -0.2) is 58.5 Å². The molecule has 2 rings (SSSR count). The van der Waals surface area contributed by atoms with Gasteiger partial charge in [0, 0.05) is 31.7 Å². The van der Waals surface area contributed by atoms with Crippen molar-refractivity contribution in [1.29, 1.82) is 0 Å². The van der Waals surface area contributed by atoms with E-state index in [1.165, 1.54) is 12.8 Å². The average Bonchev–Trinajstić information content (AvgIpc) is 2.91. The number of hydrogen-bond acceptors (Lipinski definition) is 4. The molecule has 0 spiro atoms. The maximum Gasteiger partial charge on any atom is 0.211 e. The van der Waals surface area contributed by atoms with E-state index in [1.54, 1.807) is 6.92 Å². The lowest BCUT2D eigenvalue weighted by Crippen LogP contribution is -2.48. The van der Waals surface area contributed by atoms with E-state index < -0.39 is 10.0 Å². The molecular formula is C13H26N2O3S. The molecule has 2 aliphatic rings. The van der Waals surface area contributed by atoms with Gasteiger partial charge in [-0.3, -0.25) is 0 Å². The maximum atomic E-state index is 11.7. The molecule has 6 heteroatoms. The van der Waals surface area contributed by atoms with Crippen LogP contribution in [0.5, 0.6) is 0 Å². The van der Waals surface area contributed by atoms with Gasteiger partial charge in [0.1, 0.15) is 0 Å². The summed E-state index contributed by atoms with van der Waals surface area (Å²) < 4.78 is 31.6. The van der Waals surface area contributed by atoms with Crippen LogP contribution >= 0.6 is 0 Å². The second-order valence-electron chi connectivity index (χ2n) is 5.82. The number of ether oxygens (including phenoxy) is 1. The molecular weight excluding hydrogens is 264 g/mol. The molecule has 19 heavy (non-hydrogen) atoms. The zero-order chi connectivity index (χ0) is 13.8. The van der Waals surface area contributed by atoms with Crippen molar-refractivity contribution >= 4 is 10.0 Å². The van der Waals surface area contributed by atoms with Crippen LogP contribution in [0.25, 0.3) is 0 Å². The minimum Gasteiger partial charge on any atom is -0.381 e. The molecule has 0 aromatic carbocycles. The molecule has 0 unspecified atom stereocenters. The zero-order valence-corrected chi connectivity index (χ0v) is 12.7. The lowest BCUT2D eigenvalue weighted by molar-refractivity contribution is 0.00157. The van der Waals surface area contributed by atoms with E-state index >= 15 is 0 Å². The quantitative estimate of drug-likeness (QED) is 0.787. The predicted molar refractivity (Wildman–Crippen MR) is 75.6 cm³/mol. The van der Waals surface area contributed by atoms with Gasteiger partial charge < -0.3 is 9.64 Å². The van der Waals surface area contributed by atoms with Crippen molar-refractivity contribution in [3.8, 4) is 0 Å². The van der Waals surface area contributed by atoms with Gasteiger partial charge in [0.25, 0.3) is 0 Å². The first-order valence-corrected chi connectivity index (χ1v) is 8.98. The summed E-state index contributed by atoms with van der Waals surface area (Å²) in [6.07, 6.45) is 4.45. The highest BCUT2D eigenvalue weighted by molar-refractivity contribution is 7.89. The molecule has 2 heterocycles. The molecule has 0 bridgehead atoms. The van der Waals surface area contributed by atoms with Crippen molar-refractivity contribution in [2.24, 2.45) is 5.41 Å². The van der Waals surface area contributed by atoms with Crippen LogP contribution in [0.15, 0.2) is 0 Å². The summed E-state index contributed by atoms with van der Waals surface area (Å²) >= 11 is 0. The molecule has 0 atom stereocenters. The molecule has 0 radical (unpaired) electrons. The predicted octanol–water partition coefficient (Wildman–Crippen LogP) is 0.818. The molecule has 0 amide bonds. The van der Waals surface area contributed by atoms with Crippen LogP contribution in [0.1, 0.15) is 32.6 Å². The number of nitrogens with zero attached hydrogens (tertiary/aromatic N) is 1. The second-order valence-corrected chi connectivity index (χ2v) is 7.92. The molecule has 112 valence electrons. The lowest BCUT2D eigenvalue weighted by Gasteiger charge is -2.40. The minimum absolute atomic E-state index is 0.0603. The number of rotatable bonds is 6. The number of hydrogen-bond donors (Lipinski definition) is 1. The van der Waals surface area contributed by atoms with Crippen LogP contribution in [0.4, 0.5) is 0 Å². The smallest absolute Gasteiger partial charge is 0.211 e. The largest absolute Gasteiger partial charge is 0.381 e. The van der Waals surface area contributed by atoms with E-state index in [-0.39, 0.29) is 11.2 Å². The highest BCUT2D eigenvalue weighted by Gasteiger charge is 2.35. The van der Waals surface area contributed by atoms with Gasteiger partial charge in [-0.05, 0) is 45.7 Å². The number of nitrogens with one attached hydrogen (secondary N) is 1. The van der Waals surface area contributed by atoms with E-state index in [0.717, 1.165) is 45.7 Å². The standard InChI is InChI=1S/C13H26N2O3S/c1-2-19(16,17)14-11-13(5-9-18-10-6-13)12-15-7-3-4-8-15/h14H,2-12H2,1H3. The SMILES string of the molecule is CCS(=O)(=O)NCC1(CN2CCCC2)CCOCC1. The summed E-state index contributed by atoms with van der Waals surface area (Å²) in [6.45, 7) is 7.06. The highest BCUT2D eigenvalue weighted by Crippen LogP contribution is 2.32. The van der Waals surface area contributed by atoms with Gasteiger partial charge >= 0.3 is 0 Å². The Morgan fingerprint density at radius 2 is 1.84 bits per heavy atom. The fraction of sp³-hybridized carbons (Fsp3) is 1.00. The first kappa shape index (κ1) is 15.2. The molecule has 0 saturated carbocycles. The van der Waals surface area contributed by atoms with Crippen molar-refractivity contribution in [3.05, 3.63) is 0 Å². The number of sulfonamides is 1. The first-order valence-electron chi connectivity index (χ1n) is 7.33. The van der Waals surface area contributed by atoms with Crippen LogP contribution in [-0.2, 0) is 14.8 Å². The van der Waals surface area contributed by atoms with Gasteiger partial charge in [-0.1, -0.05) is 0 Å².